The van der Waals surface area contributed by atoms with Gasteiger partial charge in [0.2, 0.25) is 5.91 Å². The van der Waals surface area contributed by atoms with Gasteiger partial charge in [-0.1, -0.05) is 12.1 Å². The first kappa shape index (κ1) is 20.4. The zero-order valence-electron chi connectivity index (χ0n) is 17.3. The fraction of sp³-hybridized carbons (Fsp3) is 0.652. The first-order chi connectivity index (χ1) is 14.2. The van der Waals surface area contributed by atoms with Gasteiger partial charge in [0, 0.05) is 44.3 Å². The molecular weight excluding hydrogens is 366 g/mol. The van der Waals surface area contributed by atoms with E-state index in [1.807, 2.05) is 17.0 Å². The minimum atomic E-state index is -0.00302. The summed E-state index contributed by atoms with van der Waals surface area (Å²) >= 11 is 0. The van der Waals surface area contributed by atoms with Gasteiger partial charge in [0.25, 0.3) is 5.91 Å². The Balaban J connectivity index is 1.29. The topological polar surface area (TPSA) is 64.1 Å². The third kappa shape index (κ3) is 4.64. The molecule has 0 aromatic heterocycles. The van der Waals surface area contributed by atoms with Crippen molar-refractivity contribution in [2.45, 2.75) is 51.2 Å². The number of rotatable bonds is 4. The SMILES string of the molecule is O=C(c1ccc(CO)cc1)N1CCC(N2CCCC(C(=O)N3CCCC3)C2)CC1. The van der Waals surface area contributed by atoms with Crippen LogP contribution >= 0.6 is 0 Å². The lowest BCUT2D eigenvalue weighted by Gasteiger charge is -2.42. The number of hydrogen-bond donors (Lipinski definition) is 1. The van der Waals surface area contributed by atoms with Crippen LogP contribution < -0.4 is 0 Å². The number of nitrogens with zero attached hydrogens (tertiary/aromatic N) is 3. The highest BCUT2D eigenvalue weighted by Gasteiger charge is 2.34. The van der Waals surface area contributed by atoms with Crippen molar-refractivity contribution in [1.82, 2.24) is 14.7 Å². The Kier molecular flexibility index (Phi) is 6.50. The predicted octanol–water partition coefficient (Wildman–Crippen LogP) is 2.12. The van der Waals surface area contributed by atoms with E-state index in [9.17, 15) is 9.59 Å². The number of aliphatic hydroxyl groups excluding tert-OH is 1. The number of piperidine rings is 2. The van der Waals surface area contributed by atoms with Crippen LogP contribution in [-0.2, 0) is 11.4 Å². The number of hydrogen-bond acceptors (Lipinski definition) is 4. The third-order valence-corrected chi connectivity index (χ3v) is 6.87. The van der Waals surface area contributed by atoms with Crippen LogP contribution in [0, 0.1) is 5.92 Å². The fourth-order valence-electron chi connectivity index (χ4n) is 5.10. The monoisotopic (exact) mass is 399 g/mol. The number of aliphatic hydroxyl groups is 1. The molecule has 1 atom stereocenters. The number of carbonyl (C=O) groups is 2. The van der Waals surface area contributed by atoms with Gasteiger partial charge in [0.05, 0.1) is 12.5 Å². The summed E-state index contributed by atoms with van der Waals surface area (Å²) < 4.78 is 0. The third-order valence-electron chi connectivity index (χ3n) is 6.87. The summed E-state index contributed by atoms with van der Waals surface area (Å²) in [6.07, 6.45) is 6.37. The molecule has 4 rings (SSSR count). The maximum Gasteiger partial charge on any atom is 0.253 e. The molecule has 0 saturated carbocycles. The molecule has 1 unspecified atom stereocenters. The van der Waals surface area contributed by atoms with E-state index in [4.69, 9.17) is 5.11 Å². The molecule has 0 aliphatic carbocycles. The first-order valence-corrected chi connectivity index (χ1v) is 11.2. The summed E-state index contributed by atoms with van der Waals surface area (Å²) in [7, 11) is 0. The van der Waals surface area contributed by atoms with Crippen molar-refractivity contribution in [3.05, 3.63) is 35.4 Å². The van der Waals surface area contributed by atoms with Crippen LogP contribution in [0.4, 0.5) is 0 Å². The Morgan fingerprint density at radius 3 is 2.21 bits per heavy atom. The van der Waals surface area contributed by atoms with Gasteiger partial charge < -0.3 is 14.9 Å². The molecule has 0 spiro atoms. The van der Waals surface area contributed by atoms with Crippen LogP contribution in [0.3, 0.4) is 0 Å². The number of amides is 2. The molecule has 2 amide bonds. The summed E-state index contributed by atoms with van der Waals surface area (Å²) in [5.74, 6) is 0.603. The zero-order chi connectivity index (χ0) is 20.2. The Bertz CT molecular complexity index is 707. The minimum Gasteiger partial charge on any atom is -0.392 e. The van der Waals surface area contributed by atoms with Crippen molar-refractivity contribution in [2.75, 3.05) is 39.3 Å². The van der Waals surface area contributed by atoms with E-state index in [0.717, 1.165) is 83.4 Å². The lowest BCUT2D eigenvalue weighted by Crippen LogP contribution is -2.51. The maximum atomic E-state index is 12.8. The predicted molar refractivity (Wildman–Crippen MR) is 111 cm³/mol. The van der Waals surface area contributed by atoms with Gasteiger partial charge in [-0.15, -0.1) is 0 Å². The molecule has 0 radical (unpaired) electrons. The minimum absolute atomic E-state index is 0.00302. The second-order valence-corrected chi connectivity index (χ2v) is 8.74. The molecule has 6 heteroatoms. The van der Waals surface area contributed by atoms with E-state index in [1.54, 1.807) is 12.1 Å². The van der Waals surface area contributed by atoms with Crippen molar-refractivity contribution < 1.29 is 14.7 Å². The molecule has 6 nitrogen and oxygen atoms in total. The molecule has 0 bridgehead atoms. The summed E-state index contributed by atoms with van der Waals surface area (Å²) in [4.78, 5) is 32.1. The second kappa shape index (κ2) is 9.26. The van der Waals surface area contributed by atoms with Gasteiger partial charge in [-0.25, -0.2) is 0 Å². The van der Waals surface area contributed by atoms with Crippen LogP contribution in [0.15, 0.2) is 24.3 Å². The highest BCUT2D eigenvalue weighted by molar-refractivity contribution is 5.94. The quantitative estimate of drug-likeness (QED) is 0.842. The fourth-order valence-corrected chi connectivity index (χ4v) is 5.10. The van der Waals surface area contributed by atoms with Crippen molar-refractivity contribution in [1.29, 1.82) is 0 Å². The van der Waals surface area contributed by atoms with Crippen LogP contribution in [0.1, 0.15) is 54.4 Å². The van der Waals surface area contributed by atoms with Crippen LogP contribution in [0.5, 0.6) is 0 Å². The summed E-state index contributed by atoms with van der Waals surface area (Å²) in [6, 6.07) is 7.71. The van der Waals surface area contributed by atoms with Gasteiger partial charge in [-0.3, -0.25) is 14.5 Å². The zero-order valence-corrected chi connectivity index (χ0v) is 17.3. The average molecular weight is 400 g/mol. The largest absolute Gasteiger partial charge is 0.392 e. The van der Waals surface area contributed by atoms with Crippen LogP contribution in [0.2, 0.25) is 0 Å². The molecular formula is C23H33N3O3. The highest BCUT2D eigenvalue weighted by Crippen LogP contribution is 2.26. The lowest BCUT2D eigenvalue weighted by molar-refractivity contribution is -0.136. The standard InChI is InChI=1S/C23H33N3O3/c27-17-18-5-7-19(8-6-18)22(28)25-14-9-21(10-15-25)26-13-3-4-20(16-26)23(29)24-11-1-2-12-24/h5-8,20-21,27H,1-4,9-17H2. The molecule has 3 saturated heterocycles. The Morgan fingerprint density at radius 1 is 0.862 bits per heavy atom. The van der Waals surface area contributed by atoms with E-state index in [0.29, 0.717) is 17.5 Å². The van der Waals surface area contributed by atoms with Gasteiger partial charge in [-0.05, 0) is 62.8 Å². The molecule has 29 heavy (non-hydrogen) atoms. The second-order valence-electron chi connectivity index (χ2n) is 8.74. The Labute approximate surface area is 173 Å². The maximum absolute atomic E-state index is 12.8. The normalized spacial score (nSPS) is 24.1. The van der Waals surface area contributed by atoms with Crippen molar-refractivity contribution in [3.8, 4) is 0 Å². The molecule has 1 N–H and O–H groups in total. The van der Waals surface area contributed by atoms with Crippen molar-refractivity contribution >= 4 is 11.8 Å². The van der Waals surface area contributed by atoms with Gasteiger partial charge in [-0.2, -0.15) is 0 Å². The van der Waals surface area contributed by atoms with Gasteiger partial charge >= 0.3 is 0 Å². The number of benzene rings is 1. The first-order valence-electron chi connectivity index (χ1n) is 11.2. The molecule has 3 heterocycles. The molecule has 158 valence electrons. The highest BCUT2D eigenvalue weighted by atomic mass is 16.3. The number of likely N-dealkylation sites (tertiary alicyclic amines) is 3. The molecule has 1 aromatic rings. The summed E-state index contributed by atoms with van der Waals surface area (Å²) in [6.45, 7) is 5.38. The number of carbonyl (C=O) groups excluding carboxylic acids is 2. The van der Waals surface area contributed by atoms with E-state index >= 15 is 0 Å². The van der Waals surface area contributed by atoms with E-state index < -0.39 is 0 Å². The van der Waals surface area contributed by atoms with E-state index in [-0.39, 0.29) is 18.4 Å². The summed E-state index contributed by atoms with van der Waals surface area (Å²) in [5.41, 5.74) is 1.51. The van der Waals surface area contributed by atoms with Crippen molar-refractivity contribution in [3.63, 3.8) is 0 Å². The molecule has 1 aromatic carbocycles. The molecule has 3 aliphatic heterocycles. The molecule has 3 fully saturated rings. The smallest absolute Gasteiger partial charge is 0.253 e. The van der Waals surface area contributed by atoms with Crippen molar-refractivity contribution in [2.24, 2.45) is 5.92 Å². The van der Waals surface area contributed by atoms with E-state index in [2.05, 4.69) is 9.80 Å². The van der Waals surface area contributed by atoms with E-state index in [1.165, 1.54) is 0 Å². The van der Waals surface area contributed by atoms with Gasteiger partial charge in [0.1, 0.15) is 0 Å². The summed E-state index contributed by atoms with van der Waals surface area (Å²) in [5, 5.41) is 9.16. The lowest BCUT2D eigenvalue weighted by atomic mass is 9.92. The Morgan fingerprint density at radius 2 is 1.55 bits per heavy atom. The average Bonchev–Trinajstić information content (AvgIpc) is 3.33. The van der Waals surface area contributed by atoms with Gasteiger partial charge in [0.15, 0.2) is 0 Å². The molecule has 3 aliphatic rings. The Hall–Kier alpha value is -1.92. The van der Waals surface area contributed by atoms with Crippen LogP contribution in [0.25, 0.3) is 0 Å². The van der Waals surface area contributed by atoms with Crippen LogP contribution in [-0.4, -0.2) is 76.9 Å².